The zero-order valence-electron chi connectivity index (χ0n) is 12.1. The molecule has 0 radical (unpaired) electrons. The third kappa shape index (κ3) is 3.85. The van der Waals surface area contributed by atoms with Crippen LogP contribution in [0.5, 0.6) is 0 Å². The molecule has 0 saturated carbocycles. The number of aliphatic hydroxyl groups is 1. The van der Waals surface area contributed by atoms with Crippen molar-refractivity contribution in [1.82, 2.24) is 15.3 Å². The van der Waals surface area contributed by atoms with Gasteiger partial charge in [-0.15, -0.1) is 0 Å². The van der Waals surface area contributed by atoms with Gasteiger partial charge in [0.05, 0.1) is 22.8 Å². The Morgan fingerprint density at radius 1 is 1.25 bits per heavy atom. The first-order chi connectivity index (χ1) is 9.35. The number of β-amino-alcohol motifs (C(OH)–C–C–N with tert-alkyl or cyclic N) is 1. The van der Waals surface area contributed by atoms with Gasteiger partial charge in [-0.05, 0) is 32.9 Å². The molecular formula is C14H22N4O2. The molecule has 5 N–H and O–H groups in total. The van der Waals surface area contributed by atoms with Crippen LogP contribution >= 0.6 is 0 Å². The zero-order chi connectivity index (χ0) is 14.8. The van der Waals surface area contributed by atoms with Gasteiger partial charge in [-0.2, -0.15) is 0 Å². The average molecular weight is 278 g/mol. The van der Waals surface area contributed by atoms with Crippen LogP contribution in [-0.4, -0.2) is 39.8 Å². The van der Waals surface area contributed by atoms with E-state index in [1.54, 1.807) is 0 Å². The lowest BCUT2D eigenvalue weighted by Gasteiger charge is -2.23. The van der Waals surface area contributed by atoms with Crippen LogP contribution in [0.4, 0.5) is 5.69 Å². The number of aliphatic hydroxyl groups excluding tert-OH is 1. The number of anilines is 1. The lowest BCUT2D eigenvalue weighted by Crippen LogP contribution is -2.42. The maximum Gasteiger partial charge on any atom is 0.323 e. The van der Waals surface area contributed by atoms with E-state index in [0.29, 0.717) is 13.1 Å². The maximum absolute atomic E-state index is 11.3. The summed E-state index contributed by atoms with van der Waals surface area (Å²) in [6, 6.07) is 5.56. The van der Waals surface area contributed by atoms with Crippen LogP contribution < -0.4 is 16.3 Å². The first-order valence-electron chi connectivity index (χ1n) is 6.73. The fourth-order valence-corrected chi connectivity index (χ4v) is 1.93. The van der Waals surface area contributed by atoms with E-state index in [9.17, 15) is 9.90 Å². The number of imidazole rings is 1. The van der Waals surface area contributed by atoms with Gasteiger partial charge in [0.2, 0.25) is 0 Å². The number of aromatic nitrogens is 2. The molecule has 1 atom stereocenters. The number of H-pyrrole nitrogens is 2. The molecule has 0 amide bonds. The van der Waals surface area contributed by atoms with Crippen molar-refractivity contribution in [2.45, 2.75) is 32.4 Å². The van der Waals surface area contributed by atoms with E-state index in [4.69, 9.17) is 0 Å². The molecule has 1 aromatic heterocycles. The van der Waals surface area contributed by atoms with Crippen molar-refractivity contribution in [3.05, 3.63) is 28.7 Å². The van der Waals surface area contributed by atoms with Gasteiger partial charge in [-0.25, -0.2) is 4.79 Å². The highest BCUT2D eigenvalue weighted by molar-refractivity contribution is 5.87. The van der Waals surface area contributed by atoms with Gasteiger partial charge in [0, 0.05) is 18.6 Å². The lowest BCUT2D eigenvalue weighted by atomic mass is 10.1. The number of para-hydroxylation sites is 1. The Bertz CT molecular complexity index is 624. The number of nitrogens with one attached hydrogen (secondary N) is 4. The average Bonchev–Trinajstić information content (AvgIpc) is 2.73. The van der Waals surface area contributed by atoms with E-state index in [-0.39, 0.29) is 11.2 Å². The summed E-state index contributed by atoms with van der Waals surface area (Å²) in [7, 11) is 0. The second kappa shape index (κ2) is 5.68. The predicted molar refractivity (Wildman–Crippen MR) is 81.2 cm³/mol. The summed E-state index contributed by atoms with van der Waals surface area (Å²) >= 11 is 0. The molecule has 1 unspecified atom stereocenters. The second-order valence-corrected chi connectivity index (χ2v) is 5.97. The SMILES string of the molecule is CC(C)(C)NCC(O)CNc1cccc2[nH]c(=O)[nH]c12. The molecule has 0 fully saturated rings. The van der Waals surface area contributed by atoms with Gasteiger partial charge in [-0.1, -0.05) is 6.07 Å². The van der Waals surface area contributed by atoms with E-state index in [0.717, 1.165) is 16.7 Å². The largest absolute Gasteiger partial charge is 0.390 e. The fraction of sp³-hybridized carbons (Fsp3) is 0.500. The first-order valence-corrected chi connectivity index (χ1v) is 6.73. The molecule has 2 rings (SSSR count). The summed E-state index contributed by atoms with van der Waals surface area (Å²) in [4.78, 5) is 16.7. The van der Waals surface area contributed by atoms with Crippen LogP contribution in [0.15, 0.2) is 23.0 Å². The topological polar surface area (TPSA) is 92.9 Å². The Kier molecular flexibility index (Phi) is 4.15. The van der Waals surface area contributed by atoms with Gasteiger partial charge >= 0.3 is 5.69 Å². The molecule has 0 aliphatic carbocycles. The lowest BCUT2D eigenvalue weighted by molar-refractivity contribution is 0.172. The van der Waals surface area contributed by atoms with E-state index >= 15 is 0 Å². The van der Waals surface area contributed by atoms with Crippen LogP contribution in [0.2, 0.25) is 0 Å². The highest BCUT2D eigenvalue weighted by atomic mass is 16.3. The van der Waals surface area contributed by atoms with E-state index in [1.165, 1.54) is 0 Å². The third-order valence-corrected chi connectivity index (χ3v) is 2.95. The number of fused-ring (bicyclic) bond motifs is 1. The number of benzene rings is 1. The van der Waals surface area contributed by atoms with Crippen molar-refractivity contribution >= 4 is 16.7 Å². The summed E-state index contributed by atoms with van der Waals surface area (Å²) < 4.78 is 0. The highest BCUT2D eigenvalue weighted by Gasteiger charge is 2.12. The Morgan fingerprint density at radius 3 is 2.70 bits per heavy atom. The summed E-state index contributed by atoms with van der Waals surface area (Å²) in [5.41, 5.74) is 2.03. The first kappa shape index (κ1) is 14.6. The van der Waals surface area contributed by atoms with Crippen LogP contribution in [0.3, 0.4) is 0 Å². The zero-order valence-corrected chi connectivity index (χ0v) is 12.1. The Hall–Kier alpha value is -1.79. The fourth-order valence-electron chi connectivity index (χ4n) is 1.93. The summed E-state index contributed by atoms with van der Waals surface area (Å²) in [6.45, 7) is 7.08. The van der Waals surface area contributed by atoms with Gasteiger partial charge < -0.3 is 25.7 Å². The number of hydrogen-bond donors (Lipinski definition) is 5. The van der Waals surface area contributed by atoms with E-state index < -0.39 is 6.10 Å². The standard InChI is InChI=1S/C14H22N4O2/c1-14(2,3)16-8-9(19)7-15-10-5-4-6-11-12(10)18-13(20)17-11/h4-6,9,15-16,19H,7-8H2,1-3H3,(H2,17,18,20). The number of hydrogen-bond acceptors (Lipinski definition) is 4. The normalized spacial score (nSPS) is 13.6. The minimum atomic E-state index is -0.504. The Labute approximate surface area is 117 Å². The van der Waals surface area contributed by atoms with Crippen LogP contribution in [0.1, 0.15) is 20.8 Å². The molecule has 6 nitrogen and oxygen atoms in total. The molecular weight excluding hydrogens is 256 g/mol. The molecule has 0 spiro atoms. The number of aromatic amines is 2. The quantitative estimate of drug-likeness (QED) is 0.564. The van der Waals surface area contributed by atoms with Crippen molar-refractivity contribution in [1.29, 1.82) is 0 Å². The van der Waals surface area contributed by atoms with Gasteiger partial charge in [-0.3, -0.25) is 0 Å². The minimum absolute atomic E-state index is 0.0210. The maximum atomic E-state index is 11.3. The van der Waals surface area contributed by atoms with Gasteiger partial charge in [0.1, 0.15) is 0 Å². The second-order valence-electron chi connectivity index (χ2n) is 5.97. The molecule has 6 heteroatoms. The predicted octanol–water partition coefficient (Wildman–Crippen LogP) is 1.02. The molecule has 2 aromatic rings. The number of rotatable bonds is 5. The van der Waals surface area contributed by atoms with Crippen LogP contribution in [-0.2, 0) is 0 Å². The Morgan fingerprint density at radius 2 is 2.00 bits per heavy atom. The van der Waals surface area contributed by atoms with E-state index in [2.05, 4.69) is 41.4 Å². The van der Waals surface area contributed by atoms with Crippen molar-refractivity contribution in [3.63, 3.8) is 0 Å². The monoisotopic (exact) mass is 278 g/mol. The molecule has 0 saturated heterocycles. The molecule has 1 aromatic carbocycles. The van der Waals surface area contributed by atoms with Crippen molar-refractivity contribution in [2.75, 3.05) is 18.4 Å². The summed E-state index contributed by atoms with van der Waals surface area (Å²) in [5.74, 6) is 0. The molecule has 0 bridgehead atoms. The van der Waals surface area contributed by atoms with Crippen molar-refractivity contribution < 1.29 is 5.11 Å². The summed E-state index contributed by atoms with van der Waals surface area (Å²) in [6.07, 6.45) is -0.504. The van der Waals surface area contributed by atoms with Crippen LogP contribution in [0, 0.1) is 0 Å². The molecule has 1 heterocycles. The van der Waals surface area contributed by atoms with Crippen molar-refractivity contribution in [3.8, 4) is 0 Å². The van der Waals surface area contributed by atoms with Gasteiger partial charge in [0.15, 0.2) is 0 Å². The molecule has 20 heavy (non-hydrogen) atoms. The molecule has 0 aliphatic rings. The van der Waals surface area contributed by atoms with Crippen LogP contribution in [0.25, 0.3) is 11.0 Å². The summed E-state index contributed by atoms with van der Waals surface area (Å²) in [5, 5.41) is 16.3. The van der Waals surface area contributed by atoms with Gasteiger partial charge in [0.25, 0.3) is 0 Å². The molecule has 0 aliphatic heterocycles. The highest BCUT2D eigenvalue weighted by Crippen LogP contribution is 2.18. The van der Waals surface area contributed by atoms with Crippen molar-refractivity contribution in [2.24, 2.45) is 0 Å². The Balaban J connectivity index is 1.97. The smallest absolute Gasteiger partial charge is 0.323 e. The minimum Gasteiger partial charge on any atom is -0.390 e. The third-order valence-electron chi connectivity index (χ3n) is 2.95. The van der Waals surface area contributed by atoms with E-state index in [1.807, 2.05) is 18.2 Å². The molecule has 110 valence electrons.